The molecule has 0 spiro atoms. The molecule has 0 N–H and O–H groups in total. The van der Waals surface area contributed by atoms with Crippen molar-refractivity contribution >= 4 is 16.9 Å². The summed E-state index contributed by atoms with van der Waals surface area (Å²) in [5, 5.41) is 9.21. The summed E-state index contributed by atoms with van der Waals surface area (Å²) in [6.45, 7) is 11.9. The first-order valence-corrected chi connectivity index (χ1v) is 10.6. The Labute approximate surface area is 183 Å². The molecule has 0 saturated carbocycles. The van der Waals surface area contributed by atoms with Gasteiger partial charge in [0.15, 0.2) is 5.65 Å². The molecule has 0 unspecified atom stereocenters. The Hall–Kier alpha value is -3.18. The minimum atomic E-state index is 0.0607. The van der Waals surface area contributed by atoms with Crippen molar-refractivity contribution in [3.63, 3.8) is 0 Å². The molecule has 1 fully saturated rings. The monoisotopic (exact) mass is 419 g/mol. The number of methoxy groups -OCH3 is 1. The van der Waals surface area contributed by atoms with Gasteiger partial charge in [0.25, 0.3) is 0 Å². The number of nitriles is 1. The molecule has 0 aliphatic carbocycles. The van der Waals surface area contributed by atoms with Gasteiger partial charge in [-0.05, 0) is 17.5 Å². The van der Waals surface area contributed by atoms with Gasteiger partial charge in [0.2, 0.25) is 5.82 Å². The van der Waals surface area contributed by atoms with Crippen LogP contribution in [0.2, 0.25) is 0 Å². The summed E-state index contributed by atoms with van der Waals surface area (Å²) in [4.78, 5) is 18.2. The molecule has 8 heteroatoms. The summed E-state index contributed by atoms with van der Waals surface area (Å²) in [7, 11) is 1.70. The van der Waals surface area contributed by atoms with Gasteiger partial charge in [0.1, 0.15) is 23.2 Å². The lowest BCUT2D eigenvalue weighted by Gasteiger charge is -2.36. The maximum Gasteiger partial charge on any atom is 0.234 e. The van der Waals surface area contributed by atoms with Crippen LogP contribution in [-0.2, 0) is 13.1 Å². The summed E-state index contributed by atoms with van der Waals surface area (Å²) >= 11 is 0. The Bertz CT molecular complexity index is 1100. The first kappa shape index (κ1) is 21.1. The Balaban J connectivity index is 1.52. The molecule has 3 aromatic rings. The number of ether oxygens (including phenoxy) is 1. The Kier molecular flexibility index (Phi) is 5.79. The van der Waals surface area contributed by atoms with Gasteiger partial charge in [-0.15, -0.1) is 0 Å². The van der Waals surface area contributed by atoms with E-state index in [4.69, 9.17) is 9.72 Å². The molecule has 8 nitrogen and oxygen atoms in total. The predicted molar refractivity (Wildman–Crippen MR) is 120 cm³/mol. The molecule has 1 aromatic carbocycles. The number of fused-ring (bicyclic) bond motifs is 1. The van der Waals surface area contributed by atoms with Gasteiger partial charge < -0.3 is 14.2 Å². The third kappa shape index (κ3) is 4.78. The van der Waals surface area contributed by atoms with E-state index in [0.29, 0.717) is 0 Å². The standard InChI is InChI=1S/C23H29N7O/c1-23(2,3)16-30-21(26-19-14-25-20(13-24)27-22(19)30)15-28-8-10-29(11-9-28)17-6-5-7-18(12-17)31-4/h5-7,12,14H,8-11,15-16H2,1-4H3. The first-order valence-electron chi connectivity index (χ1n) is 10.6. The highest BCUT2D eigenvalue weighted by atomic mass is 16.5. The molecule has 31 heavy (non-hydrogen) atoms. The van der Waals surface area contributed by atoms with Crippen LogP contribution in [0, 0.1) is 16.7 Å². The van der Waals surface area contributed by atoms with E-state index in [0.717, 1.165) is 62.0 Å². The molecule has 1 aliphatic rings. The highest BCUT2D eigenvalue weighted by molar-refractivity contribution is 5.70. The molecule has 0 bridgehead atoms. The lowest BCUT2D eigenvalue weighted by Crippen LogP contribution is -2.46. The number of anilines is 1. The van der Waals surface area contributed by atoms with E-state index in [1.807, 2.05) is 18.2 Å². The number of rotatable bonds is 5. The predicted octanol–water partition coefficient (Wildman–Crippen LogP) is 3.07. The Morgan fingerprint density at radius 3 is 2.58 bits per heavy atom. The van der Waals surface area contributed by atoms with Crippen molar-refractivity contribution in [2.75, 3.05) is 38.2 Å². The lowest BCUT2D eigenvalue weighted by atomic mass is 9.97. The van der Waals surface area contributed by atoms with Gasteiger partial charge in [0, 0.05) is 44.5 Å². The van der Waals surface area contributed by atoms with E-state index >= 15 is 0 Å². The van der Waals surface area contributed by atoms with E-state index in [1.165, 1.54) is 5.69 Å². The van der Waals surface area contributed by atoms with Gasteiger partial charge in [-0.2, -0.15) is 10.2 Å². The fourth-order valence-electron chi connectivity index (χ4n) is 3.95. The average molecular weight is 420 g/mol. The molecule has 3 heterocycles. The highest BCUT2D eigenvalue weighted by Gasteiger charge is 2.23. The zero-order valence-electron chi connectivity index (χ0n) is 18.7. The molecule has 0 atom stereocenters. The normalized spacial score (nSPS) is 15.3. The van der Waals surface area contributed by atoms with Crippen molar-refractivity contribution in [1.82, 2.24) is 24.4 Å². The van der Waals surface area contributed by atoms with Crippen molar-refractivity contribution in [2.45, 2.75) is 33.9 Å². The van der Waals surface area contributed by atoms with E-state index in [1.54, 1.807) is 13.3 Å². The number of aromatic nitrogens is 4. The number of hydrogen-bond donors (Lipinski definition) is 0. The van der Waals surface area contributed by atoms with Crippen LogP contribution < -0.4 is 9.64 Å². The van der Waals surface area contributed by atoms with Crippen LogP contribution in [0.25, 0.3) is 11.2 Å². The zero-order valence-corrected chi connectivity index (χ0v) is 18.7. The molecule has 162 valence electrons. The zero-order chi connectivity index (χ0) is 22.0. The summed E-state index contributed by atoms with van der Waals surface area (Å²) < 4.78 is 7.52. The topological polar surface area (TPSA) is 83.1 Å². The molecule has 2 aromatic heterocycles. The van der Waals surface area contributed by atoms with Crippen molar-refractivity contribution in [2.24, 2.45) is 5.41 Å². The van der Waals surface area contributed by atoms with Gasteiger partial charge in [0.05, 0.1) is 19.9 Å². The van der Waals surface area contributed by atoms with Crippen LogP contribution in [0.1, 0.15) is 32.4 Å². The summed E-state index contributed by atoms with van der Waals surface area (Å²) in [5.41, 5.74) is 2.74. The minimum absolute atomic E-state index is 0.0607. The molecule has 1 aliphatic heterocycles. The first-order chi connectivity index (χ1) is 14.9. The number of imidazole rings is 1. The third-order valence-electron chi connectivity index (χ3n) is 5.46. The van der Waals surface area contributed by atoms with Gasteiger partial charge in [-0.1, -0.05) is 26.8 Å². The average Bonchev–Trinajstić information content (AvgIpc) is 3.09. The quantitative estimate of drug-likeness (QED) is 0.628. The van der Waals surface area contributed by atoms with Crippen LogP contribution in [0.15, 0.2) is 30.5 Å². The minimum Gasteiger partial charge on any atom is -0.497 e. The second-order valence-electron chi connectivity index (χ2n) is 9.15. The van der Waals surface area contributed by atoms with Gasteiger partial charge in [-0.3, -0.25) is 4.90 Å². The number of piperazine rings is 1. The Morgan fingerprint density at radius 1 is 1.13 bits per heavy atom. The second kappa shape index (κ2) is 8.52. The largest absolute Gasteiger partial charge is 0.497 e. The maximum atomic E-state index is 9.21. The van der Waals surface area contributed by atoms with Crippen molar-refractivity contribution in [3.8, 4) is 11.8 Å². The van der Waals surface area contributed by atoms with Crippen LogP contribution in [0.4, 0.5) is 5.69 Å². The van der Waals surface area contributed by atoms with Crippen molar-refractivity contribution in [3.05, 3.63) is 42.1 Å². The van der Waals surface area contributed by atoms with Crippen LogP contribution in [0.5, 0.6) is 5.75 Å². The summed E-state index contributed by atoms with van der Waals surface area (Å²) in [5.74, 6) is 2.04. The fourth-order valence-corrected chi connectivity index (χ4v) is 3.95. The number of hydrogen-bond acceptors (Lipinski definition) is 7. The molecule has 0 radical (unpaired) electrons. The van der Waals surface area contributed by atoms with Gasteiger partial charge >= 0.3 is 0 Å². The van der Waals surface area contributed by atoms with E-state index < -0.39 is 0 Å². The summed E-state index contributed by atoms with van der Waals surface area (Å²) in [6, 6.07) is 10.3. The summed E-state index contributed by atoms with van der Waals surface area (Å²) in [6.07, 6.45) is 1.66. The molecule has 4 rings (SSSR count). The molecule has 0 amide bonds. The Morgan fingerprint density at radius 2 is 1.90 bits per heavy atom. The highest BCUT2D eigenvalue weighted by Crippen LogP contribution is 2.25. The van der Waals surface area contributed by atoms with Gasteiger partial charge in [-0.25, -0.2) is 9.97 Å². The smallest absolute Gasteiger partial charge is 0.234 e. The van der Waals surface area contributed by atoms with Crippen LogP contribution in [-0.4, -0.2) is 57.7 Å². The molecular formula is C23H29N7O. The molecular weight excluding hydrogens is 390 g/mol. The lowest BCUT2D eigenvalue weighted by molar-refractivity contribution is 0.236. The van der Waals surface area contributed by atoms with E-state index in [-0.39, 0.29) is 11.2 Å². The van der Waals surface area contributed by atoms with Crippen molar-refractivity contribution < 1.29 is 4.74 Å². The molecule has 1 saturated heterocycles. The number of benzene rings is 1. The van der Waals surface area contributed by atoms with Crippen molar-refractivity contribution in [1.29, 1.82) is 5.26 Å². The SMILES string of the molecule is COc1cccc(N2CCN(Cc3nc4cnc(C#N)nc4n3CC(C)(C)C)CC2)c1. The maximum absolute atomic E-state index is 9.21. The fraction of sp³-hybridized carbons (Fsp3) is 0.478. The third-order valence-corrected chi connectivity index (χ3v) is 5.46. The number of nitrogens with zero attached hydrogens (tertiary/aromatic N) is 7. The van der Waals surface area contributed by atoms with E-state index in [2.05, 4.69) is 57.2 Å². The van der Waals surface area contributed by atoms with Crippen LogP contribution in [0.3, 0.4) is 0 Å². The second-order valence-corrected chi connectivity index (χ2v) is 9.15. The van der Waals surface area contributed by atoms with E-state index in [9.17, 15) is 5.26 Å². The van der Waals surface area contributed by atoms with Crippen LogP contribution >= 0.6 is 0 Å².